The molecule has 0 spiro atoms. The maximum absolute atomic E-state index is 12.4. The van der Waals surface area contributed by atoms with Crippen LogP contribution >= 0.6 is 0 Å². The van der Waals surface area contributed by atoms with E-state index in [0.717, 1.165) is 12.8 Å². The Morgan fingerprint density at radius 1 is 1.24 bits per heavy atom. The summed E-state index contributed by atoms with van der Waals surface area (Å²) in [7, 11) is 0. The fraction of sp³-hybridized carbons (Fsp3) is 0.533. The summed E-state index contributed by atoms with van der Waals surface area (Å²) in [5.74, 6) is 0.628. The van der Waals surface area contributed by atoms with E-state index < -0.39 is 12.7 Å². The second-order valence-electron chi connectivity index (χ2n) is 5.16. The third-order valence-electron chi connectivity index (χ3n) is 3.29. The molecule has 1 aliphatic carbocycles. The van der Waals surface area contributed by atoms with Gasteiger partial charge in [0, 0.05) is 12.6 Å². The molecule has 1 aromatic carbocycles. The topological polar surface area (TPSA) is 36.3 Å². The quantitative estimate of drug-likeness (QED) is 0.724. The summed E-state index contributed by atoms with van der Waals surface area (Å²) >= 11 is 0. The van der Waals surface area contributed by atoms with Crippen LogP contribution in [0.25, 0.3) is 0 Å². The van der Waals surface area contributed by atoms with Crippen molar-refractivity contribution in [1.82, 2.24) is 4.90 Å². The Bertz CT molecular complexity index is 489. The van der Waals surface area contributed by atoms with E-state index in [1.54, 1.807) is 24.3 Å². The zero-order valence-corrected chi connectivity index (χ0v) is 11.6. The minimum absolute atomic E-state index is 0.0848. The molecule has 2 rings (SSSR count). The molecule has 0 N–H and O–H groups in total. The Balaban J connectivity index is 1.71. The van der Waals surface area contributed by atoms with E-state index in [-0.39, 0.29) is 6.04 Å². The maximum Gasteiger partial charge on any atom is 0.401 e. The van der Waals surface area contributed by atoms with Gasteiger partial charge in [-0.3, -0.25) is 4.90 Å². The van der Waals surface area contributed by atoms with Crippen LogP contribution < -0.4 is 4.74 Å². The van der Waals surface area contributed by atoms with Crippen LogP contribution in [-0.2, 0) is 0 Å². The van der Waals surface area contributed by atoms with Gasteiger partial charge in [-0.05, 0) is 43.5 Å². The highest BCUT2D eigenvalue weighted by atomic mass is 19.4. The Labute approximate surface area is 121 Å². The molecular weight excluding hydrogens is 281 g/mol. The van der Waals surface area contributed by atoms with E-state index in [2.05, 4.69) is 0 Å². The molecule has 1 fully saturated rings. The number of rotatable bonds is 7. The van der Waals surface area contributed by atoms with Crippen LogP contribution in [0.5, 0.6) is 5.75 Å². The van der Waals surface area contributed by atoms with Crippen LogP contribution in [0, 0.1) is 11.3 Å². The lowest BCUT2D eigenvalue weighted by molar-refractivity contribution is -0.147. The number of alkyl halides is 3. The molecule has 114 valence electrons. The highest BCUT2D eigenvalue weighted by Crippen LogP contribution is 2.30. The predicted octanol–water partition coefficient (Wildman–Crippen LogP) is 3.35. The van der Waals surface area contributed by atoms with E-state index in [1.165, 1.54) is 4.90 Å². The van der Waals surface area contributed by atoms with Gasteiger partial charge in [-0.15, -0.1) is 0 Å². The van der Waals surface area contributed by atoms with Gasteiger partial charge < -0.3 is 4.74 Å². The summed E-state index contributed by atoms with van der Waals surface area (Å²) in [5.41, 5.74) is 0.549. The third kappa shape index (κ3) is 5.64. The van der Waals surface area contributed by atoms with Gasteiger partial charge in [0.05, 0.1) is 24.8 Å². The molecule has 0 aromatic heterocycles. The molecule has 0 atom stereocenters. The van der Waals surface area contributed by atoms with Crippen molar-refractivity contribution in [3.05, 3.63) is 29.8 Å². The number of benzene rings is 1. The lowest BCUT2D eigenvalue weighted by atomic mass is 10.2. The molecule has 1 aliphatic rings. The molecule has 1 aromatic rings. The molecule has 6 heteroatoms. The van der Waals surface area contributed by atoms with Gasteiger partial charge in [0.15, 0.2) is 0 Å². The molecule has 3 nitrogen and oxygen atoms in total. The zero-order valence-electron chi connectivity index (χ0n) is 11.6. The molecule has 0 bridgehead atoms. The normalized spacial score (nSPS) is 15.0. The minimum atomic E-state index is -4.14. The summed E-state index contributed by atoms with van der Waals surface area (Å²) in [6.07, 6.45) is -1.89. The molecule has 21 heavy (non-hydrogen) atoms. The maximum atomic E-state index is 12.4. The van der Waals surface area contributed by atoms with Crippen molar-refractivity contribution < 1.29 is 17.9 Å². The summed E-state index contributed by atoms with van der Waals surface area (Å²) in [5, 5.41) is 8.67. The van der Waals surface area contributed by atoms with Gasteiger partial charge in [0.25, 0.3) is 0 Å². The van der Waals surface area contributed by atoms with E-state index in [1.807, 2.05) is 6.07 Å². The van der Waals surface area contributed by atoms with E-state index in [9.17, 15) is 13.2 Å². The molecular formula is C15H17F3N2O. The van der Waals surface area contributed by atoms with Crippen molar-refractivity contribution >= 4 is 0 Å². The second-order valence-corrected chi connectivity index (χ2v) is 5.16. The van der Waals surface area contributed by atoms with Crippen LogP contribution in [0.2, 0.25) is 0 Å². The minimum Gasteiger partial charge on any atom is -0.494 e. The van der Waals surface area contributed by atoms with Crippen LogP contribution in [0.1, 0.15) is 24.8 Å². The second kappa shape index (κ2) is 6.81. The van der Waals surface area contributed by atoms with E-state index in [4.69, 9.17) is 10.00 Å². The van der Waals surface area contributed by atoms with Gasteiger partial charge in [-0.2, -0.15) is 18.4 Å². The van der Waals surface area contributed by atoms with Crippen molar-refractivity contribution in [1.29, 1.82) is 5.26 Å². The summed E-state index contributed by atoms with van der Waals surface area (Å²) in [4.78, 5) is 1.49. The standard InChI is InChI=1S/C15H17F3N2O/c16-15(17,18)11-20(13-4-5-13)8-1-9-21-14-6-2-12(10-19)3-7-14/h2-3,6-7,13H,1,4-5,8-9,11H2. The van der Waals surface area contributed by atoms with Crippen molar-refractivity contribution in [3.63, 3.8) is 0 Å². The number of nitrogens with zero attached hydrogens (tertiary/aromatic N) is 2. The van der Waals surface area contributed by atoms with Crippen LogP contribution in [0.4, 0.5) is 13.2 Å². The van der Waals surface area contributed by atoms with Crippen molar-refractivity contribution in [3.8, 4) is 11.8 Å². The van der Waals surface area contributed by atoms with Crippen LogP contribution in [-0.4, -0.2) is 36.8 Å². The summed E-state index contributed by atoms with van der Waals surface area (Å²) in [6.45, 7) is -0.0814. The van der Waals surface area contributed by atoms with Crippen molar-refractivity contribution in [2.75, 3.05) is 19.7 Å². The lowest BCUT2D eigenvalue weighted by Gasteiger charge is -2.23. The molecule has 0 unspecified atom stereocenters. The van der Waals surface area contributed by atoms with Gasteiger partial charge in [0.1, 0.15) is 5.75 Å². The molecule has 0 radical (unpaired) electrons. The Morgan fingerprint density at radius 3 is 2.43 bits per heavy atom. The largest absolute Gasteiger partial charge is 0.494 e. The third-order valence-corrected chi connectivity index (χ3v) is 3.29. The fourth-order valence-electron chi connectivity index (χ4n) is 2.14. The average molecular weight is 298 g/mol. The monoisotopic (exact) mass is 298 g/mol. The summed E-state index contributed by atoms with van der Waals surface area (Å²) < 4.78 is 42.8. The number of hydrogen-bond donors (Lipinski definition) is 0. The Kier molecular flexibility index (Phi) is 5.07. The zero-order chi connectivity index (χ0) is 15.3. The summed E-state index contributed by atoms with van der Waals surface area (Å²) in [6, 6.07) is 8.76. The predicted molar refractivity (Wildman–Crippen MR) is 71.9 cm³/mol. The van der Waals surface area contributed by atoms with Gasteiger partial charge in [-0.1, -0.05) is 0 Å². The van der Waals surface area contributed by atoms with Crippen molar-refractivity contribution in [2.24, 2.45) is 0 Å². The highest BCUT2D eigenvalue weighted by Gasteiger charge is 2.37. The van der Waals surface area contributed by atoms with Crippen LogP contribution in [0.3, 0.4) is 0 Å². The smallest absolute Gasteiger partial charge is 0.401 e. The average Bonchev–Trinajstić information content (AvgIpc) is 3.26. The van der Waals surface area contributed by atoms with Gasteiger partial charge in [-0.25, -0.2) is 0 Å². The fourth-order valence-corrected chi connectivity index (χ4v) is 2.14. The number of hydrogen-bond acceptors (Lipinski definition) is 3. The molecule has 0 amide bonds. The van der Waals surface area contributed by atoms with Crippen molar-refractivity contribution in [2.45, 2.75) is 31.5 Å². The van der Waals surface area contributed by atoms with E-state index in [0.29, 0.717) is 30.9 Å². The highest BCUT2D eigenvalue weighted by molar-refractivity contribution is 5.34. The molecule has 0 saturated heterocycles. The molecule has 1 saturated carbocycles. The molecule has 0 aliphatic heterocycles. The van der Waals surface area contributed by atoms with Gasteiger partial charge >= 0.3 is 6.18 Å². The number of ether oxygens (including phenoxy) is 1. The Hall–Kier alpha value is -1.74. The van der Waals surface area contributed by atoms with Gasteiger partial charge in [0.2, 0.25) is 0 Å². The first-order valence-corrected chi connectivity index (χ1v) is 6.92. The van der Waals surface area contributed by atoms with E-state index >= 15 is 0 Å². The first-order chi connectivity index (χ1) is 9.98. The SMILES string of the molecule is N#Cc1ccc(OCCCN(CC(F)(F)F)C2CC2)cc1. The first-order valence-electron chi connectivity index (χ1n) is 6.92. The number of nitriles is 1. The lowest BCUT2D eigenvalue weighted by Crippen LogP contribution is -2.37. The Morgan fingerprint density at radius 2 is 1.90 bits per heavy atom. The van der Waals surface area contributed by atoms with Crippen LogP contribution in [0.15, 0.2) is 24.3 Å². The molecule has 0 heterocycles. The number of halogens is 3. The first kappa shape index (κ1) is 15.6.